The van der Waals surface area contributed by atoms with Crippen LogP contribution in [0.25, 0.3) is 4.96 Å². The first-order valence-corrected chi connectivity index (χ1v) is 8.19. The first-order valence-electron chi connectivity index (χ1n) is 7.37. The highest BCUT2D eigenvalue weighted by atomic mass is 32.1. The van der Waals surface area contributed by atoms with Gasteiger partial charge in [-0.25, -0.2) is 4.98 Å². The second kappa shape index (κ2) is 5.82. The summed E-state index contributed by atoms with van der Waals surface area (Å²) in [4.78, 5) is 19.3. The SMILES string of the molecule is Cc1cc(=O)n2nc(CN3CCC(C)CC3CN)sc2n1. The molecule has 0 radical (unpaired) electrons. The number of hydrogen-bond acceptors (Lipinski definition) is 6. The Balaban J connectivity index is 1.84. The third kappa shape index (κ3) is 3.00. The summed E-state index contributed by atoms with van der Waals surface area (Å²) in [5.74, 6) is 0.733. The Morgan fingerprint density at radius 1 is 1.52 bits per heavy atom. The first-order chi connectivity index (χ1) is 10.1. The van der Waals surface area contributed by atoms with Gasteiger partial charge in [0.15, 0.2) is 0 Å². The van der Waals surface area contributed by atoms with Gasteiger partial charge in [0.25, 0.3) is 5.56 Å². The number of fused-ring (bicyclic) bond motifs is 1. The van der Waals surface area contributed by atoms with Gasteiger partial charge in [-0.2, -0.15) is 9.61 Å². The first kappa shape index (κ1) is 14.6. The molecule has 2 aromatic rings. The molecule has 2 aromatic heterocycles. The largest absolute Gasteiger partial charge is 0.329 e. The van der Waals surface area contributed by atoms with E-state index in [0.717, 1.165) is 36.1 Å². The molecule has 114 valence electrons. The molecule has 1 saturated heterocycles. The summed E-state index contributed by atoms with van der Waals surface area (Å²) in [6.07, 6.45) is 2.33. The van der Waals surface area contributed by atoms with Crippen molar-refractivity contribution >= 4 is 16.3 Å². The van der Waals surface area contributed by atoms with Crippen molar-refractivity contribution in [2.45, 2.75) is 39.3 Å². The lowest BCUT2D eigenvalue weighted by Gasteiger charge is -2.37. The van der Waals surface area contributed by atoms with E-state index in [1.165, 1.54) is 28.3 Å². The zero-order valence-electron chi connectivity index (χ0n) is 12.5. The lowest BCUT2D eigenvalue weighted by atomic mass is 9.92. The Kier molecular flexibility index (Phi) is 4.05. The molecule has 2 N–H and O–H groups in total. The number of rotatable bonds is 3. The third-order valence-electron chi connectivity index (χ3n) is 4.13. The second-order valence-corrected chi connectivity index (χ2v) is 6.96. The van der Waals surface area contributed by atoms with Crippen LogP contribution < -0.4 is 11.3 Å². The maximum absolute atomic E-state index is 11.9. The van der Waals surface area contributed by atoms with Gasteiger partial charge in [0.2, 0.25) is 4.96 Å². The minimum absolute atomic E-state index is 0.109. The van der Waals surface area contributed by atoms with Crippen LogP contribution in [0.1, 0.15) is 30.5 Å². The second-order valence-electron chi connectivity index (χ2n) is 5.92. The van der Waals surface area contributed by atoms with Crippen LogP contribution >= 0.6 is 11.3 Å². The van der Waals surface area contributed by atoms with E-state index in [2.05, 4.69) is 21.9 Å². The van der Waals surface area contributed by atoms with E-state index in [-0.39, 0.29) is 5.56 Å². The highest BCUT2D eigenvalue weighted by Gasteiger charge is 2.26. The van der Waals surface area contributed by atoms with E-state index in [0.29, 0.717) is 17.5 Å². The normalized spacial score (nSPS) is 23.8. The van der Waals surface area contributed by atoms with E-state index >= 15 is 0 Å². The molecule has 21 heavy (non-hydrogen) atoms. The predicted octanol–water partition coefficient (Wildman–Crippen LogP) is 1.02. The Morgan fingerprint density at radius 3 is 3.10 bits per heavy atom. The van der Waals surface area contributed by atoms with Crippen molar-refractivity contribution < 1.29 is 0 Å². The van der Waals surface area contributed by atoms with E-state index in [1.54, 1.807) is 0 Å². The van der Waals surface area contributed by atoms with Gasteiger partial charge in [0.1, 0.15) is 5.01 Å². The zero-order valence-corrected chi connectivity index (χ0v) is 13.3. The molecule has 1 aliphatic rings. The van der Waals surface area contributed by atoms with E-state index < -0.39 is 0 Å². The van der Waals surface area contributed by atoms with Crippen molar-refractivity contribution in [1.29, 1.82) is 0 Å². The predicted molar refractivity (Wildman–Crippen MR) is 83.5 cm³/mol. The van der Waals surface area contributed by atoms with Gasteiger partial charge in [0, 0.05) is 24.3 Å². The van der Waals surface area contributed by atoms with Gasteiger partial charge < -0.3 is 5.73 Å². The molecule has 0 amide bonds. The minimum atomic E-state index is -0.109. The van der Waals surface area contributed by atoms with Gasteiger partial charge in [0.05, 0.1) is 6.54 Å². The summed E-state index contributed by atoms with van der Waals surface area (Å²) < 4.78 is 1.40. The highest BCUT2D eigenvalue weighted by Crippen LogP contribution is 2.24. The van der Waals surface area contributed by atoms with Crippen molar-refractivity contribution in [2.24, 2.45) is 11.7 Å². The molecular formula is C14H21N5OS. The highest BCUT2D eigenvalue weighted by molar-refractivity contribution is 7.16. The lowest BCUT2D eigenvalue weighted by Crippen LogP contribution is -2.45. The van der Waals surface area contributed by atoms with E-state index in [4.69, 9.17) is 5.73 Å². The molecule has 0 saturated carbocycles. The summed E-state index contributed by atoms with van der Waals surface area (Å²) in [6, 6.07) is 1.93. The van der Waals surface area contributed by atoms with Gasteiger partial charge in [-0.3, -0.25) is 9.69 Å². The number of piperidine rings is 1. The fourth-order valence-corrected chi connectivity index (χ4v) is 3.92. The Bertz CT molecular complexity index is 694. The molecule has 2 atom stereocenters. The Hall–Kier alpha value is -1.31. The Labute approximate surface area is 127 Å². The third-order valence-corrected chi connectivity index (χ3v) is 5.02. The van der Waals surface area contributed by atoms with Crippen LogP contribution in [0.3, 0.4) is 0 Å². The number of nitrogens with two attached hydrogens (primary N) is 1. The van der Waals surface area contributed by atoms with Gasteiger partial charge >= 0.3 is 0 Å². The number of nitrogens with zero attached hydrogens (tertiary/aromatic N) is 4. The zero-order chi connectivity index (χ0) is 15.0. The molecule has 6 nitrogen and oxygen atoms in total. The molecular weight excluding hydrogens is 286 g/mol. The minimum Gasteiger partial charge on any atom is -0.329 e. The van der Waals surface area contributed by atoms with Gasteiger partial charge in [-0.15, -0.1) is 0 Å². The fourth-order valence-electron chi connectivity index (χ4n) is 2.95. The molecule has 0 spiro atoms. The van der Waals surface area contributed by atoms with Crippen molar-refractivity contribution in [3.05, 3.63) is 27.1 Å². The molecule has 0 bridgehead atoms. The summed E-state index contributed by atoms with van der Waals surface area (Å²) in [7, 11) is 0. The standard InChI is InChI=1S/C14H21N5OS/c1-9-3-4-18(11(5-9)7-15)8-12-17-19-13(20)6-10(2)16-14(19)21-12/h6,9,11H,3-5,7-8,15H2,1-2H3. The molecule has 3 rings (SSSR count). The maximum Gasteiger partial charge on any atom is 0.275 e. The van der Waals surface area contributed by atoms with Crippen molar-refractivity contribution in [3.8, 4) is 0 Å². The molecule has 7 heteroatoms. The van der Waals surface area contributed by atoms with Crippen molar-refractivity contribution in [3.63, 3.8) is 0 Å². The molecule has 1 aliphatic heterocycles. The van der Waals surface area contributed by atoms with Crippen molar-refractivity contribution in [1.82, 2.24) is 19.5 Å². The Morgan fingerprint density at radius 2 is 2.33 bits per heavy atom. The molecule has 0 aromatic carbocycles. The van der Waals surface area contributed by atoms with Crippen LogP contribution in [0.2, 0.25) is 0 Å². The van der Waals surface area contributed by atoms with Crippen LogP contribution in [0.4, 0.5) is 0 Å². The maximum atomic E-state index is 11.9. The summed E-state index contributed by atoms with van der Waals surface area (Å²) in [6.45, 7) is 6.58. The monoisotopic (exact) mass is 307 g/mol. The number of aryl methyl sites for hydroxylation is 1. The fraction of sp³-hybridized carbons (Fsp3) is 0.643. The smallest absolute Gasteiger partial charge is 0.275 e. The summed E-state index contributed by atoms with van der Waals surface area (Å²) in [5, 5.41) is 5.34. The average Bonchev–Trinajstić information content (AvgIpc) is 2.83. The van der Waals surface area contributed by atoms with E-state index in [9.17, 15) is 4.79 Å². The number of likely N-dealkylation sites (tertiary alicyclic amines) is 1. The molecule has 2 unspecified atom stereocenters. The van der Waals surface area contributed by atoms with Crippen LogP contribution in [0.15, 0.2) is 10.9 Å². The lowest BCUT2D eigenvalue weighted by molar-refractivity contribution is 0.115. The average molecular weight is 307 g/mol. The molecule has 3 heterocycles. The van der Waals surface area contributed by atoms with Crippen molar-refractivity contribution in [2.75, 3.05) is 13.1 Å². The van der Waals surface area contributed by atoms with Crippen LogP contribution in [-0.4, -0.2) is 38.6 Å². The van der Waals surface area contributed by atoms with Gasteiger partial charge in [-0.1, -0.05) is 18.3 Å². The summed E-state index contributed by atoms with van der Waals surface area (Å²) in [5.41, 5.74) is 6.53. The van der Waals surface area contributed by atoms with E-state index in [1.807, 2.05) is 6.92 Å². The number of hydrogen-bond donors (Lipinski definition) is 1. The molecule has 1 fully saturated rings. The quantitative estimate of drug-likeness (QED) is 0.916. The topological polar surface area (TPSA) is 76.5 Å². The van der Waals surface area contributed by atoms with Crippen LogP contribution in [0.5, 0.6) is 0 Å². The van der Waals surface area contributed by atoms with Crippen LogP contribution in [0, 0.1) is 12.8 Å². The molecule has 0 aliphatic carbocycles. The summed E-state index contributed by atoms with van der Waals surface area (Å²) >= 11 is 1.49. The number of aromatic nitrogens is 3. The van der Waals surface area contributed by atoms with Gasteiger partial charge in [-0.05, 0) is 32.2 Å². The van der Waals surface area contributed by atoms with Crippen LogP contribution in [-0.2, 0) is 6.54 Å².